The number of morpholine rings is 1. The summed E-state index contributed by atoms with van der Waals surface area (Å²) in [5.74, 6) is 1.18. The number of carbonyl (C=O) groups is 1. The molecular weight excluding hydrogens is 316 g/mol. The fourth-order valence-corrected chi connectivity index (χ4v) is 3.67. The van der Waals surface area contributed by atoms with Gasteiger partial charge < -0.3 is 9.64 Å². The largest absolute Gasteiger partial charge is 0.377 e. The number of hydrogen-bond acceptors (Lipinski definition) is 3. The van der Waals surface area contributed by atoms with Crippen LogP contribution >= 0.6 is 0 Å². The maximum atomic E-state index is 12.9. The van der Waals surface area contributed by atoms with E-state index in [1.54, 1.807) is 4.68 Å². The smallest absolute Gasteiger partial charge is 0.323 e. The average molecular weight is 340 g/mol. The van der Waals surface area contributed by atoms with E-state index < -0.39 is 0 Å². The normalized spacial score (nSPS) is 21.0. The molecule has 1 aromatic heterocycles. The van der Waals surface area contributed by atoms with Crippen LogP contribution < -0.4 is 5.32 Å². The van der Waals surface area contributed by atoms with Crippen molar-refractivity contribution in [3.8, 4) is 11.1 Å². The van der Waals surface area contributed by atoms with Crippen LogP contribution in [0.25, 0.3) is 11.1 Å². The van der Waals surface area contributed by atoms with E-state index in [0.717, 1.165) is 11.1 Å². The van der Waals surface area contributed by atoms with Crippen LogP contribution in [-0.4, -0.2) is 46.5 Å². The Balaban J connectivity index is 1.54. The predicted octanol–water partition coefficient (Wildman–Crippen LogP) is 3.12. The van der Waals surface area contributed by atoms with Crippen molar-refractivity contribution in [2.24, 2.45) is 13.0 Å². The van der Waals surface area contributed by atoms with Gasteiger partial charge in [-0.3, -0.25) is 10.00 Å². The number of aryl methyl sites for hydroxylation is 1. The molecule has 1 aromatic carbocycles. The van der Waals surface area contributed by atoms with Crippen LogP contribution in [0, 0.1) is 5.92 Å². The molecule has 132 valence electrons. The van der Waals surface area contributed by atoms with E-state index >= 15 is 0 Å². The minimum atomic E-state index is -0.0731. The highest BCUT2D eigenvalue weighted by Gasteiger charge is 2.36. The van der Waals surface area contributed by atoms with Crippen LogP contribution in [0.15, 0.2) is 36.5 Å². The Kier molecular flexibility index (Phi) is 4.44. The highest BCUT2D eigenvalue weighted by Crippen LogP contribution is 2.34. The Bertz CT molecular complexity index is 739. The van der Waals surface area contributed by atoms with Gasteiger partial charge in [0.05, 0.1) is 19.3 Å². The lowest BCUT2D eigenvalue weighted by molar-refractivity contribution is -0.0216. The number of nitrogens with one attached hydrogen (secondary N) is 1. The molecule has 2 heterocycles. The van der Waals surface area contributed by atoms with Gasteiger partial charge in [0.15, 0.2) is 5.82 Å². The Morgan fingerprint density at radius 2 is 2.08 bits per heavy atom. The molecule has 4 rings (SSSR count). The van der Waals surface area contributed by atoms with Gasteiger partial charge in [0, 0.05) is 25.4 Å². The van der Waals surface area contributed by atoms with Crippen LogP contribution in [-0.2, 0) is 11.8 Å². The van der Waals surface area contributed by atoms with Gasteiger partial charge in [-0.15, -0.1) is 0 Å². The molecule has 0 bridgehead atoms. The molecule has 25 heavy (non-hydrogen) atoms. The number of aromatic nitrogens is 2. The molecule has 0 radical (unpaired) electrons. The lowest BCUT2D eigenvalue weighted by Gasteiger charge is -2.43. The molecule has 2 fully saturated rings. The van der Waals surface area contributed by atoms with Crippen molar-refractivity contribution in [1.29, 1.82) is 0 Å². The number of nitrogens with zero attached hydrogens (tertiary/aromatic N) is 3. The van der Waals surface area contributed by atoms with E-state index in [1.165, 1.54) is 19.3 Å². The zero-order valence-electron chi connectivity index (χ0n) is 14.5. The summed E-state index contributed by atoms with van der Waals surface area (Å²) < 4.78 is 7.36. The van der Waals surface area contributed by atoms with Crippen molar-refractivity contribution < 1.29 is 9.53 Å². The number of carbonyl (C=O) groups excluding carboxylic acids is 1. The molecule has 0 spiro atoms. The maximum absolute atomic E-state index is 12.9. The van der Waals surface area contributed by atoms with Gasteiger partial charge in [-0.05, 0) is 24.3 Å². The highest BCUT2D eigenvalue weighted by molar-refractivity contribution is 5.93. The Hall–Kier alpha value is -2.34. The molecule has 1 saturated carbocycles. The Labute approximate surface area is 147 Å². The van der Waals surface area contributed by atoms with Gasteiger partial charge in [0.25, 0.3) is 0 Å². The summed E-state index contributed by atoms with van der Waals surface area (Å²) in [7, 11) is 1.87. The van der Waals surface area contributed by atoms with E-state index in [9.17, 15) is 4.79 Å². The predicted molar refractivity (Wildman–Crippen MR) is 96.3 cm³/mol. The molecule has 2 aromatic rings. The highest BCUT2D eigenvalue weighted by atomic mass is 16.5. The Morgan fingerprint density at radius 1 is 1.28 bits per heavy atom. The molecule has 6 heteroatoms. The average Bonchev–Trinajstić information content (AvgIpc) is 2.95. The van der Waals surface area contributed by atoms with E-state index in [-0.39, 0.29) is 12.1 Å². The van der Waals surface area contributed by atoms with E-state index in [4.69, 9.17) is 4.74 Å². The summed E-state index contributed by atoms with van der Waals surface area (Å²) in [6.45, 7) is 1.89. The van der Waals surface area contributed by atoms with Gasteiger partial charge in [0.2, 0.25) is 0 Å². The molecule has 2 aliphatic rings. The zero-order chi connectivity index (χ0) is 17.2. The second-order valence-corrected chi connectivity index (χ2v) is 6.89. The van der Waals surface area contributed by atoms with Crippen molar-refractivity contribution >= 4 is 11.8 Å². The number of benzene rings is 1. The first-order valence-electron chi connectivity index (χ1n) is 8.97. The fourth-order valence-electron chi connectivity index (χ4n) is 3.67. The van der Waals surface area contributed by atoms with Crippen LogP contribution in [0.2, 0.25) is 0 Å². The first-order valence-corrected chi connectivity index (χ1v) is 8.97. The molecule has 1 unspecified atom stereocenters. The molecular formula is C19H24N4O2. The first-order chi connectivity index (χ1) is 12.2. The third-order valence-electron chi connectivity index (χ3n) is 5.26. The van der Waals surface area contributed by atoms with Gasteiger partial charge in [0.1, 0.15) is 0 Å². The number of urea groups is 1. The Morgan fingerprint density at radius 3 is 2.80 bits per heavy atom. The molecule has 1 N–H and O–H groups in total. The second kappa shape index (κ2) is 6.88. The minimum absolute atomic E-state index is 0.0731. The zero-order valence-corrected chi connectivity index (χ0v) is 14.5. The molecule has 1 saturated heterocycles. The molecule has 1 aliphatic heterocycles. The maximum Gasteiger partial charge on any atom is 0.323 e. The summed E-state index contributed by atoms with van der Waals surface area (Å²) in [5.41, 5.74) is 1.98. The molecule has 1 aliphatic carbocycles. The van der Waals surface area contributed by atoms with Gasteiger partial charge in [-0.25, -0.2) is 4.79 Å². The van der Waals surface area contributed by atoms with Crippen molar-refractivity contribution in [2.75, 3.05) is 25.1 Å². The van der Waals surface area contributed by atoms with Gasteiger partial charge >= 0.3 is 6.03 Å². The first kappa shape index (κ1) is 16.1. The van der Waals surface area contributed by atoms with Crippen molar-refractivity contribution in [3.05, 3.63) is 36.5 Å². The van der Waals surface area contributed by atoms with Gasteiger partial charge in [-0.2, -0.15) is 5.10 Å². The SMILES string of the molecule is Cn1cc(-c2ccccc2)c(NC(=O)N2CCOCC2C2CCC2)n1. The van der Waals surface area contributed by atoms with Crippen LogP contribution in [0.3, 0.4) is 0 Å². The number of hydrogen-bond donors (Lipinski definition) is 1. The lowest BCUT2D eigenvalue weighted by Crippen LogP contribution is -2.54. The van der Waals surface area contributed by atoms with Crippen molar-refractivity contribution in [2.45, 2.75) is 25.3 Å². The second-order valence-electron chi connectivity index (χ2n) is 6.89. The summed E-state index contributed by atoms with van der Waals surface area (Å²) in [6.07, 6.45) is 5.58. The third kappa shape index (κ3) is 3.26. The van der Waals surface area contributed by atoms with Gasteiger partial charge in [-0.1, -0.05) is 36.8 Å². The van der Waals surface area contributed by atoms with Crippen molar-refractivity contribution in [3.63, 3.8) is 0 Å². The number of anilines is 1. The number of amides is 2. The standard InChI is InChI=1S/C19H24N4O2/c1-22-12-16(14-6-3-2-4-7-14)18(21-22)20-19(24)23-10-11-25-13-17(23)15-8-5-9-15/h2-4,6-7,12,15,17H,5,8-11,13H2,1H3,(H,20,21,24). The molecule has 6 nitrogen and oxygen atoms in total. The summed E-state index contributed by atoms with van der Waals surface area (Å²) in [4.78, 5) is 14.9. The number of rotatable bonds is 3. The molecule has 1 atom stereocenters. The fraction of sp³-hybridized carbons (Fsp3) is 0.474. The van der Waals surface area contributed by atoms with Crippen molar-refractivity contribution in [1.82, 2.24) is 14.7 Å². The quantitative estimate of drug-likeness (QED) is 0.934. The monoisotopic (exact) mass is 340 g/mol. The summed E-state index contributed by atoms with van der Waals surface area (Å²) in [6, 6.07) is 10.1. The van der Waals surface area contributed by atoms with E-state index in [1.807, 2.05) is 48.5 Å². The van der Waals surface area contributed by atoms with E-state index in [2.05, 4.69) is 10.4 Å². The summed E-state index contributed by atoms with van der Waals surface area (Å²) >= 11 is 0. The lowest BCUT2D eigenvalue weighted by atomic mass is 9.79. The van der Waals surface area contributed by atoms with E-state index in [0.29, 0.717) is 31.5 Å². The molecule has 2 amide bonds. The van der Waals surface area contributed by atoms with Crippen LogP contribution in [0.1, 0.15) is 19.3 Å². The third-order valence-corrected chi connectivity index (χ3v) is 5.26. The van der Waals surface area contributed by atoms with Crippen LogP contribution in [0.5, 0.6) is 0 Å². The topological polar surface area (TPSA) is 59.4 Å². The van der Waals surface area contributed by atoms with Crippen LogP contribution in [0.4, 0.5) is 10.6 Å². The minimum Gasteiger partial charge on any atom is -0.377 e. The summed E-state index contributed by atoms with van der Waals surface area (Å²) in [5, 5.41) is 7.48. The number of ether oxygens (including phenoxy) is 1.